The van der Waals surface area contributed by atoms with Gasteiger partial charge in [-0.2, -0.15) is 0 Å². The number of nitrogens with one attached hydrogen (secondary N) is 1. The van der Waals surface area contributed by atoms with Gasteiger partial charge in [-0.3, -0.25) is 5.32 Å². The predicted octanol–water partition coefficient (Wildman–Crippen LogP) is 0.917. The number of carbonyl (C=O) groups excluding carboxylic acids is 1. The second kappa shape index (κ2) is 7.07. The fraction of sp³-hybridized carbons (Fsp3) is 0.455. The second-order valence-electron chi connectivity index (χ2n) is 3.89. The average Bonchev–Trinajstić information content (AvgIpc) is 2.77. The molecule has 1 aromatic heterocycles. The Morgan fingerprint density at radius 2 is 2.26 bits per heavy atom. The molecule has 0 spiro atoms. The van der Waals surface area contributed by atoms with Crippen molar-refractivity contribution < 1.29 is 24.5 Å². The van der Waals surface area contributed by atoms with Gasteiger partial charge in [0.05, 0.1) is 24.8 Å². The molecular weight excluding hydrogens is 272 g/mol. The van der Waals surface area contributed by atoms with Crippen molar-refractivity contribution >= 4 is 28.3 Å². The molecule has 1 unspecified atom stereocenters. The van der Waals surface area contributed by atoms with E-state index in [4.69, 9.17) is 9.84 Å². The Morgan fingerprint density at radius 1 is 1.58 bits per heavy atom. The van der Waals surface area contributed by atoms with Gasteiger partial charge in [0.1, 0.15) is 5.00 Å². The normalized spacial score (nSPS) is 11.9. The monoisotopic (exact) mass is 288 g/mol. The number of methoxy groups -OCH3 is 1. The van der Waals surface area contributed by atoms with Gasteiger partial charge >= 0.3 is 12.0 Å². The zero-order valence-electron chi connectivity index (χ0n) is 10.6. The summed E-state index contributed by atoms with van der Waals surface area (Å²) in [7, 11) is 2.95. The van der Waals surface area contributed by atoms with E-state index in [9.17, 15) is 14.7 Å². The Morgan fingerprint density at radius 3 is 2.84 bits per heavy atom. The Labute approximate surface area is 114 Å². The van der Waals surface area contributed by atoms with Crippen molar-refractivity contribution in [2.45, 2.75) is 6.10 Å². The lowest BCUT2D eigenvalue weighted by atomic mass is 10.3. The van der Waals surface area contributed by atoms with E-state index in [0.717, 1.165) is 11.3 Å². The van der Waals surface area contributed by atoms with Gasteiger partial charge in [-0.05, 0) is 11.4 Å². The number of aliphatic hydroxyl groups excluding tert-OH is 1. The third-order valence-electron chi connectivity index (χ3n) is 2.31. The third-order valence-corrected chi connectivity index (χ3v) is 3.14. The molecule has 0 aliphatic carbocycles. The van der Waals surface area contributed by atoms with Crippen LogP contribution in [-0.4, -0.2) is 60.5 Å². The van der Waals surface area contributed by atoms with Gasteiger partial charge in [-0.1, -0.05) is 0 Å². The molecule has 0 aliphatic heterocycles. The summed E-state index contributed by atoms with van der Waals surface area (Å²) in [6.07, 6.45) is -0.789. The van der Waals surface area contributed by atoms with Crippen molar-refractivity contribution in [3.8, 4) is 0 Å². The lowest BCUT2D eigenvalue weighted by molar-refractivity contribution is 0.0501. The number of aromatic carboxylic acids is 1. The fourth-order valence-electron chi connectivity index (χ4n) is 1.41. The first kappa shape index (κ1) is 15.4. The van der Waals surface area contributed by atoms with Crippen molar-refractivity contribution in [3.63, 3.8) is 0 Å². The average molecular weight is 288 g/mol. The molecule has 0 radical (unpaired) electrons. The van der Waals surface area contributed by atoms with Crippen molar-refractivity contribution in [1.29, 1.82) is 0 Å². The molecule has 0 saturated carbocycles. The number of hydrogen-bond acceptors (Lipinski definition) is 5. The number of hydrogen-bond donors (Lipinski definition) is 3. The summed E-state index contributed by atoms with van der Waals surface area (Å²) in [5.41, 5.74) is 0.0455. The molecule has 0 aliphatic rings. The molecule has 2 amide bonds. The summed E-state index contributed by atoms with van der Waals surface area (Å²) in [6, 6.07) is 0.933. The van der Waals surface area contributed by atoms with E-state index in [-0.39, 0.29) is 23.7 Å². The molecule has 0 aromatic carbocycles. The molecule has 1 atom stereocenters. The van der Waals surface area contributed by atoms with E-state index in [1.807, 2.05) is 0 Å². The van der Waals surface area contributed by atoms with Crippen LogP contribution in [0.15, 0.2) is 11.4 Å². The molecule has 0 fully saturated rings. The zero-order chi connectivity index (χ0) is 14.4. The smallest absolute Gasteiger partial charge is 0.338 e. The van der Waals surface area contributed by atoms with Crippen LogP contribution in [0.25, 0.3) is 0 Å². The molecule has 7 nitrogen and oxygen atoms in total. The first-order valence-electron chi connectivity index (χ1n) is 5.45. The standard InChI is InChI=1S/C11H16N2O5S/c1-13(5-7(14)6-18-2)11(17)12-9-8(10(15)16)3-4-19-9/h3-4,7,14H,5-6H2,1-2H3,(H,12,17)(H,15,16). The summed E-state index contributed by atoms with van der Waals surface area (Å²) < 4.78 is 4.76. The Balaban J connectivity index is 2.59. The molecule has 0 bridgehead atoms. The topological polar surface area (TPSA) is 99.1 Å². The SMILES string of the molecule is COCC(O)CN(C)C(=O)Nc1sccc1C(=O)O. The highest BCUT2D eigenvalue weighted by Crippen LogP contribution is 2.23. The van der Waals surface area contributed by atoms with E-state index < -0.39 is 18.1 Å². The zero-order valence-corrected chi connectivity index (χ0v) is 11.4. The maximum Gasteiger partial charge on any atom is 0.338 e. The molecule has 0 saturated heterocycles. The largest absolute Gasteiger partial charge is 0.478 e. The summed E-state index contributed by atoms with van der Waals surface area (Å²) in [6.45, 7) is 0.213. The van der Waals surface area contributed by atoms with E-state index in [0.29, 0.717) is 0 Å². The summed E-state index contributed by atoms with van der Waals surface area (Å²) in [5, 5.41) is 22.7. The minimum Gasteiger partial charge on any atom is -0.478 e. The number of nitrogens with zero attached hydrogens (tertiary/aromatic N) is 1. The third kappa shape index (κ3) is 4.51. The Hall–Kier alpha value is -1.64. The Kier molecular flexibility index (Phi) is 5.74. The van der Waals surface area contributed by atoms with Gasteiger partial charge in [0.25, 0.3) is 0 Å². The highest BCUT2D eigenvalue weighted by Gasteiger charge is 2.17. The summed E-state index contributed by atoms with van der Waals surface area (Å²) >= 11 is 1.13. The van der Waals surface area contributed by atoms with Crippen LogP contribution < -0.4 is 5.32 Å². The maximum absolute atomic E-state index is 11.8. The van der Waals surface area contributed by atoms with Crippen LogP contribution in [0.4, 0.5) is 9.80 Å². The number of rotatable bonds is 6. The van der Waals surface area contributed by atoms with Crippen LogP contribution in [0.3, 0.4) is 0 Å². The molecule has 19 heavy (non-hydrogen) atoms. The molecule has 1 rings (SSSR count). The number of anilines is 1. The van der Waals surface area contributed by atoms with E-state index in [1.165, 1.54) is 25.1 Å². The maximum atomic E-state index is 11.8. The number of thiophene rings is 1. The number of aliphatic hydroxyl groups is 1. The molecule has 106 valence electrons. The van der Waals surface area contributed by atoms with Gasteiger partial charge in [0, 0.05) is 14.2 Å². The van der Waals surface area contributed by atoms with Gasteiger partial charge in [0.2, 0.25) is 0 Å². The van der Waals surface area contributed by atoms with E-state index in [2.05, 4.69) is 5.32 Å². The predicted molar refractivity (Wildman–Crippen MR) is 70.8 cm³/mol. The van der Waals surface area contributed by atoms with Crippen molar-refractivity contribution in [1.82, 2.24) is 4.90 Å². The first-order valence-corrected chi connectivity index (χ1v) is 6.33. The minimum absolute atomic E-state index is 0.0455. The summed E-state index contributed by atoms with van der Waals surface area (Å²) in [4.78, 5) is 23.9. The lowest BCUT2D eigenvalue weighted by Gasteiger charge is -2.20. The van der Waals surface area contributed by atoms with Crippen LogP contribution in [0.1, 0.15) is 10.4 Å². The number of likely N-dealkylation sites (N-methyl/N-ethyl adjacent to an activating group) is 1. The highest BCUT2D eigenvalue weighted by molar-refractivity contribution is 7.14. The van der Waals surface area contributed by atoms with Gasteiger partial charge < -0.3 is 19.8 Å². The number of amides is 2. The van der Waals surface area contributed by atoms with Crippen molar-refractivity contribution in [2.24, 2.45) is 0 Å². The van der Waals surface area contributed by atoms with Crippen LogP contribution >= 0.6 is 11.3 Å². The highest BCUT2D eigenvalue weighted by atomic mass is 32.1. The molecule has 1 aromatic rings. The van der Waals surface area contributed by atoms with Crippen molar-refractivity contribution in [2.75, 3.05) is 32.6 Å². The lowest BCUT2D eigenvalue weighted by Crippen LogP contribution is -2.38. The Bertz CT molecular complexity index is 448. The van der Waals surface area contributed by atoms with Crippen LogP contribution in [0.5, 0.6) is 0 Å². The van der Waals surface area contributed by atoms with Crippen LogP contribution in [0, 0.1) is 0 Å². The van der Waals surface area contributed by atoms with Crippen molar-refractivity contribution in [3.05, 3.63) is 17.0 Å². The minimum atomic E-state index is -1.10. The van der Waals surface area contributed by atoms with Gasteiger partial charge in [-0.25, -0.2) is 9.59 Å². The van der Waals surface area contributed by atoms with Crippen LogP contribution in [-0.2, 0) is 4.74 Å². The molecule has 1 heterocycles. The molecular formula is C11H16N2O5S. The second-order valence-corrected chi connectivity index (χ2v) is 4.80. The number of carboxylic acids is 1. The number of ether oxygens (including phenoxy) is 1. The molecule has 3 N–H and O–H groups in total. The van der Waals surface area contributed by atoms with Gasteiger partial charge in [-0.15, -0.1) is 11.3 Å². The quantitative estimate of drug-likeness (QED) is 0.723. The van der Waals surface area contributed by atoms with E-state index in [1.54, 1.807) is 5.38 Å². The number of urea groups is 1. The molecule has 8 heteroatoms. The number of carboxylic acid groups (broad SMARTS) is 1. The fourth-order valence-corrected chi connectivity index (χ4v) is 2.18. The first-order chi connectivity index (χ1) is 8.95. The van der Waals surface area contributed by atoms with Gasteiger partial charge in [0.15, 0.2) is 0 Å². The summed E-state index contributed by atoms with van der Waals surface area (Å²) in [5.74, 6) is -1.10. The van der Waals surface area contributed by atoms with Crippen LogP contribution in [0.2, 0.25) is 0 Å². The number of carbonyl (C=O) groups is 2. The van der Waals surface area contributed by atoms with E-state index >= 15 is 0 Å².